The van der Waals surface area contributed by atoms with E-state index >= 15 is 0 Å². The molecule has 0 unspecified atom stereocenters. The molecule has 1 aromatic heterocycles. The Morgan fingerprint density at radius 3 is 1.40 bits per heavy atom. The molecule has 0 N–H and O–H groups in total. The fourth-order valence-corrected chi connectivity index (χ4v) is 13.2. The summed E-state index contributed by atoms with van der Waals surface area (Å²) in [6.07, 6.45) is 0. The Morgan fingerprint density at radius 1 is 0.329 bits per heavy atom. The van der Waals surface area contributed by atoms with Crippen LogP contribution >= 0.6 is 0 Å². The summed E-state index contributed by atoms with van der Waals surface area (Å²) in [5.41, 5.74) is 24.9. The van der Waals surface area contributed by atoms with Gasteiger partial charge in [0.2, 0.25) is 0 Å². The predicted octanol–water partition coefficient (Wildman–Crippen LogP) is 18.2. The second-order valence-electron chi connectivity index (χ2n) is 20.1. The highest BCUT2D eigenvalue weighted by molar-refractivity contribution is 6.29. The van der Waals surface area contributed by atoms with Crippen molar-refractivity contribution in [1.82, 2.24) is 9.55 Å². The smallest absolute Gasteiger partial charge is 0.145 e. The lowest BCUT2D eigenvalue weighted by Crippen LogP contribution is -2.15. The molecule has 13 aromatic rings. The quantitative estimate of drug-likeness (QED) is 0.161. The Morgan fingerprint density at radius 2 is 0.786 bits per heavy atom. The SMILES string of the molecule is CC1(C)c2cc(-c3nc4ccccc4n3-c3ccccc3)ccc2-c2cc3c(-c4ccc5c6c(cccc46)-c4ccccc4-5)c4ccccc4c(-c4ccc5c6c(cccc46)-c4ccccc4-5)c3cc21. The summed E-state index contributed by atoms with van der Waals surface area (Å²) in [7, 11) is 0. The highest BCUT2D eigenvalue weighted by atomic mass is 15.1. The fourth-order valence-electron chi connectivity index (χ4n) is 13.2. The average Bonchev–Trinajstić information content (AvgIpc) is 4.13. The zero-order chi connectivity index (χ0) is 46.0. The molecule has 2 heteroatoms. The number of imidazole rings is 1. The maximum Gasteiger partial charge on any atom is 0.145 e. The number of hydrogen-bond donors (Lipinski definition) is 0. The van der Waals surface area contributed by atoms with E-state index in [1.165, 1.54) is 132 Å². The molecule has 0 radical (unpaired) electrons. The van der Waals surface area contributed by atoms with Crippen LogP contribution in [0.5, 0.6) is 0 Å². The van der Waals surface area contributed by atoms with Gasteiger partial charge >= 0.3 is 0 Å². The molecule has 70 heavy (non-hydrogen) atoms. The van der Waals surface area contributed by atoms with Gasteiger partial charge in [-0.05, 0) is 175 Å². The van der Waals surface area contributed by atoms with Gasteiger partial charge in [0, 0.05) is 16.7 Å². The Balaban J connectivity index is 1.00. The second-order valence-corrected chi connectivity index (χ2v) is 20.1. The zero-order valence-electron chi connectivity index (χ0n) is 38.7. The third kappa shape index (κ3) is 4.89. The molecule has 0 aliphatic heterocycles. The Hall–Kier alpha value is -8.85. The molecular formula is C68H42N2. The molecular weight excluding hydrogens is 845 g/mol. The summed E-state index contributed by atoms with van der Waals surface area (Å²) in [5.74, 6) is 0.950. The van der Waals surface area contributed by atoms with E-state index < -0.39 is 0 Å². The number of rotatable bonds is 4. The van der Waals surface area contributed by atoms with Crippen LogP contribution in [0.1, 0.15) is 25.0 Å². The minimum atomic E-state index is -0.307. The Kier molecular flexibility index (Phi) is 7.44. The van der Waals surface area contributed by atoms with Crippen LogP contribution in [0.4, 0.5) is 0 Å². The summed E-state index contributed by atoms with van der Waals surface area (Å²) in [4.78, 5) is 5.32. The van der Waals surface area contributed by atoms with Gasteiger partial charge in [0.1, 0.15) is 5.82 Å². The van der Waals surface area contributed by atoms with Crippen molar-refractivity contribution in [3.8, 4) is 95.0 Å². The summed E-state index contributed by atoms with van der Waals surface area (Å²) in [6.45, 7) is 4.85. The first kappa shape index (κ1) is 38.2. The maximum absolute atomic E-state index is 5.32. The van der Waals surface area contributed by atoms with Gasteiger partial charge in [0.05, 0.1) is 11.0 Å². The van der Waals surface area contributed by atoms with Crippen molar-refractivity contribution in [3.63, 3.8) is 0 Å². The highest BCUT2D eigenvalue weighted by Gasteiger charge is 2.38. The van der Waals surface area contributed by atoms with Crippen LogP contribution in [0.15, 0.2) is 218 Å². The van der Waals surface area contributed by atoms with Crippen LogP contribution in [-0.4, -0.2) is 9.55 Å². The Bertz CT molecular complexity index is 4430. The first-order chi connectivity index (χ1) is 34.5. The lowest BCUT2D eigenvalue weighted by molar-refractivity contribution is 0.661. The minimum Gasteiger partial charge on any atom is -0.292 e. The summed E-state index contributed by atoms with van der Waals surface area (Å²) < 4.78 is 2.32. The number of para-hydroxylation sites is 3. The van der Waals surface area contributed by atoms with Gasteiger partial charge in [-0.1, -0.05) is 190 Å². The number of aromatic nitrogens is 2. The second kappa shape index (κ2) is 13.7. The van der Waals surface area contributed by atoms with Crippen LogP contribution < -0.4 is 0 Å². The van der Waals surface area contributed by atoms with Crippen LogP contribution in [0.3, 0.4) is 0 Å². The van der Waals surface area contributed by atoms with Crippen molar-refractivity contribution in [2.75, 3.05) is 0 Å². The van der Waals surface area contributed by atoms with E-state index in [-0.39, 0.29) is 5.41 Å². The molecule has 0 bridgehead atoms. The zero-order valence-corrected chi connectivity index (χ0v) is 38.7. The van der Waals surface area contributed by atoms with Gasteiger partial charge in [-0.25, -0.2) is 4.98 Å². The van der Waals surface area contributed by atoms with Crippen molar-refractivity contribution in [1.29, 1.82) is 0 Å². The standard InChI is InChI=1S/C68H42N2/c1-68(2)59-36-39(67-69-61-28-12-13-29-62(61)70(67)40-16-4-3-5-17-40)30-31-45(59)56-37-57-58(38-60(56)68)66(55-35-33-53-44-21-9-7-19-42(44)47-25-15-27-51(55)64(47)53)49-23-11-10-22-48(49)65(57)54-34-32-52-43-20-8-6-18-41(43)46-24-14-26-50(54)63(46)52/h3-38H,1-2H3. The van der Waals surface area contributed by atoms with Crippen molar-refractivity contribution in [2.45, 2.75) is 19.3 Å². The normalized spacial score (nSPS) is 13.4. The molecule has 1 heterocycles. The maximum atomic E-state index is 5.32. The fraction of sp³-hybridized carbons (Fsp3) is 0.0441. The number of nitrogens with zero attached hydrogens (tertiary/aromatic N) is 2. The van der Waals surface area contributed by atoms with Gasteiger partial charge in [-0.3, -0.25) is 4.57 Å². The van der Waals surface area contributed by atoms with Gasteiger partial charge in [0.25, 0.3) is 0 Å². The molecule has 0 saturated heterocycles. The van der Waals surface area contributed by atoms with Gasteiger partial charge in [-0.15, -0.1) is 0 Å². The van der Waals surface area contributed by atoms with E-state index in [0.29, 0.717) is 0 Å². The lowest BCUT2D eigenvalue weighted by atomic mass is 9.78. The molecule has 3 aliphatic rings. The van der Waals surface area contributed by atoms with E-state index in [1.807, 2.05) is 0 Å². The first-order valence-corrected chi connectivity index (χ1v) is 24.5. The molecule has 0 fully saturated rings. The van der Waals surface area contributed by atoms with E-state index in [2.05, 4.69) is 237 Å². The van der Waals surface area contributed by atoms with E-state index in [1.54, 1.807) is 0 Å². The van der Waals surface area contributed by atoms with Crippen LogP contribution in [0, 0.1) is 0 Å². The third-order valence-electron chi connectivity index (χ3n) is 16.3. The molecule has 0 saturated carbocycles. The highest BCUT2D eigenvalue weighted by Crippen LogP contribution is 2.57. The number of fused-ring (bicyclic) bond motifs is 12. The lowest BCUT2D eigenvalue weighted by Gasteiger charge is -2.25. The predicted molar refractivity (Wildman–Crippen MR) is 294 cm³/mol. The van der Waals surface area contributed by atoms with Crippen LogP contribution in [0.2, 0.25) is 0 Å². The van der Waals surface area contributed by atoms with Crippen molar-refractivity contribution in [2.24, 2.45) is 0 Å². The largest absolute Gasteiger partial charge is 0.292 e. The number of hydrogen-bond acceptors (Lipinski definition) is 1. The molecule has 3 aliphatic carbocycles. The monoisotopic (exact) mass is 886 g/mol. The molecule has 0 amide bonds. The molecule has 2 nitrogen and oxygen atoms in total. The summed E-state index contributed by atoms with van der Waals surface area (Å²) in [5, 5.41) is 10.4. The Labute approximate surface area is 405 Å². The molecule has 0 spiro atoms. The summed E-state index contributed by atoms with van der Waals surface area (Å²) in [6, 6.07) is 81.9. The summed E-state index contributed by atoms with van der Waals surface area (Å²) >= 11 is 0. The van der Waals surface area contributed by atoms with Gasteiger partial charge in [-0.2, -0.15) is 0 Å². The van der Waals surface area contributed by atoms with Gasteiger partial charge < -0.3 is 0 Å². The topological polar surface area (TPSA) is 17.8 Å². The first-order valence-electron chi connectivity index (χ1n) is 24.5. The number of benzene rings is 12. The molecule has 324 valence electrons. The third-order valence-corrected chi connectivity index (χ3v) is 16.3. The average molecular weight is 887 g/mol. The van der Waals surface area contributed by atoms with Crippen molar-refractivity contribution in [3.05, 3.63) is 230 Å². The van der Waals surface area contributed by atoms with E-state index in [9.17, 15) is 0 Å². The molecule has 0 atom stereocenters. The van der Waals surface area contributed by atoms with E-state index in [4.69, 9.17) is 4.98 Å². The van der Waals surface area contributed by atoms with Crippen molar-refractivity contribution >= 4 is 54.1 Å². The van der Waals surface area contributed by atoms with Gasteiger partial charge in [0.15, 0.2) is 0 Å². The van der Waals surface area contributed by atoms with Crippen molar-refractivity contribution < 1.29 is 0 Å². The molecule has 12 aromatic carbocycles. The van der Waals surface area contributed by atoms with E-state index in [0.717, 1.165) is 28.1 Å². The van der Waals surface area contributed by atoms with Crippen LogP contribution in [0.25, 0.3) is 149 Å². The minimum absolute atomic E-state index is 0.307. The molecule has 16 rings (SSSR count). The van der Waals surface area contributed by atoms with Crippen LogP contribution in [-0.2, 0) is 5.41 Å².